The van der Waals surface area contributed by atoms with Gasteiger partial charge in [0.1, 0.15) is 17.8 Å². The molecule has 0 radical (unpaired) electrons. The summed E-state index contributed by atoms with van der Waals surface area (Å²) in [5.41, 5.74) is -1.34. The number of ketones is 1. The smallest absolute Gasteiger partial charge is 0.337 e. The number of carboxylic acids is 1. The van der Waals surface area contributed by atoms with Crippen LogP contribution >= 0.6 is 22.9 Å². The van der Waals surface area contributed by atoms with E-state index < -0.39 is 29.3 Å². The van der Waals surface area contributed by atoms with Crippen LogP contribution in [0, 0.1) is 12.3 Å². The number of rotatable bonds is 8. The Morgan fingerprint density at radius 2 is 1.82 bits per heavy atom. The Bertz CT molecular complexity index is 1630. The van der Waals surface area contributed by atoms with E-state index in [0.717, 1.165) is 9.44 Å². The standard InChI is InChI=1S/C26H25ClN6O5S/c1-14-17(24(36)37)7-18(23(35)32(14)12-20(34)15-9-28-13-29-10-15)19-8-22(30-11-16-5-6-21(27)39-16)33(31-19)25(38)26(2,3)4/h5-10,13,30H,11-12H2,1-4H3,(H,36,37). The number of carboxylic acid groups (broad SMARTS) is 1. The molecule has 4 rings (SSSR count). The molecular weight excluding hydrogens is 544 g/mol. The maximum atomic E-state index is 13.6. The van der Waals surface area contributed by atoms with E-state index in [0.29, 0.717) is 16.7 Å². The van der Waals surface area contributed by atoms with Crippen molar-refractivity contribution in [2.24, 2.45) is 5.41 Å². The minimum Gasteiger partial charge on any atom is -0.478 e. The van der Waals surface area contributed by atoms with Gasteiger partial charge < -0.3 is 15.0 Å². The van der Waals surface area contributed by atoms with Crippen molar-refractivity contribution in [1.82, 2.24) is 24.3 Å². The maximum Gasteiger partial charge on any atom is 0.337 e. The van der Waals surface area contributed by atoms with E-state index in [1.54, 1.807) is 26.8 Å². The Morgan fingerprint density at radius 3 is 2.41 bits per heavy atom. The van der Waals surface area contributed by atoms with Crippen molar-refractivity contribution >= 4 is 46.4 Å². The van der Waals surface area contributed by atoms with Crippen LogP contribution < -0.4 is 10.9 Å². The molecule has 0 spiro atoms. The van der Waals surface area contributed by atoms with Crippen LogP contribution in [0.2, 0.25) is 4.34 Å². The van der Waals surface area contributed by atoms with Gasteiger partial charge in [-0.1, -0.05) is 32.4 Å². The molecule has 39 heavy (non-hydrogen) atoms. The van der Waals surface area contributed by atoms with Gasteiger partial charge in [0.25, 0.3) is 11.5 Å². The molecule has 0 saturated carbocycles. The Kier molecular flexibility index (Phi) is 7.79. The highest BCUT2D eigenvalue weighted by Crippen LogP contribution is 2.27. The van der Waals surface area contributed by atoms with Crippen molar-refractivity contribution in [2.75, 3.05) is 5.32 Å². The Labute approximate surface area is 232 Å². The van der Waals surface area contributed by atoms with Crippen LogP contribution in [-0.4, -0.2) is 47.1 Å². The molecule has 0 amide bonds. The number of Topliss-reactive ketones (excluding diaryl/α,β-unsaturated/α-hetero) is 1. The zero-order valence-corrected chi connectivity index (χ0v) is 23.1. The molecule has 0 atom stereocenters. The summed E-state index contributed by atoms with van der Waals surface area (Å²) in [6.07, 6.45) is 3.90. The van der Waals surface area contributed by atoms with Crippen molar-refractivity contribution < 1.29 is 19.5 Å². The van der Waals surface area contributed by atoms with Crippen molar-refractivity contribution in [1.29, 1.82) is 0 Å². The first-order valence-electron chi connectivity index (χ1n) is 11.8. The molecule has 4 aromatic rings. The highest BCUT2D eigenvalue weighted by atomic mass is 35.5. The summed E-state index contributed by atoms with van der Waals surface area (Å²) in [4.78, 5) is 60.3. The molecule has 4 aromatic heterocycles. The van der Waals surface area contributed by atoms with Gasteiger partial charge in [-0.3, -0.25) is 14.4 Å². The highest BCUT2D eigenvalue weighted by Gasteiger charge is 2.28. The average Bonchev–Trinajstić information content (AvgIpc) is 3.50. The summed E-state index contributed by atoms with van der Waals surface area (Å²) in [5.74, 6) is -1.78. The van der Waals surface area contributed by atoms with Crippen LogP contribution in [0.15, 0.2) is 47.8 Å². The fraction of sp³-hybridized carbons (Fsp3) is 0.269. The molecular formula is C26H25ClN6O5S. The second kappa shape index (κ2) is 10.9. The molecule has 0 saturated heterocycles. The molecule has 4 heterocycles. The van der Waals surface area contributed by atoms with Gasteiger partial charge in [-0.2, -0.15) is 9.78 Å². The topological polar surface area (TPSA) is 149 Å². The number of aromatic carboxylic acids is 1. The molecule has 13 heteroatoms. The summed E-state index contributed by atoms with van der Waals surface area (Å²) in [5, 5.41) is 17.4. The third-order valence-electron chi connectivity index (χ3n) is 5.87. The lowest BCUT2D eigenvalue weighted by molar-refractivity contribution is 0.0692. The van der Waals surface area contributed by atoms with Crippen LogP contribution in [0.5, 0.6) is 0 Å². The van der Waals surface area contributed by atoms with E-state index in [2.05, 4.69) is 20.4 Å². The zero-order valence-electron chi connectivity index (χ0n) is 21.6. The number of pyridine rings is 1. The fourth-order valence-electron chi connectivity index (χ4n) is 3.76. The minimum absolute atomic E-state index is 0.0715. The molecule has 2 N–H and O–H groups in total. The number of carbonyl (C=O) groups is 3. The summed E-state index contributed by atoms with van der Waals surface area (Å²) in [6, 6.07) is 6.33. The van der Waals surface area contributed by atoms with Gasteiger partial charge in [-0.25, -0.2) is 14.8 Å². The SMILES string of the molecule is Cc1c(C(=O)O)cc(-c2cc(NCc3ccc(Cl)s3)n(C(=O)C(C)(C)C)n2)c(=O)n1CC(=O)c1cncnc1. The largest absolute Gasteiger partial charge is 0.478 e. The summed E-state index contributed by atoms with van der Waals surface area (Å²) in [7, 11) is 0. The molecule has 202 valence electrons. The van der Waals surface area contributed by atoms with Crippen LogP contribution in [0.3, 0.4) is 0 Å². The van der Waals surface area contributed by atoms with E-state index in [1.807, 2.05) is 6.07 Å². The average molecular weight is 569 g/mol. The lowest BCUT2D eigenvalue weighted by Gasteiger charge is -2.18. The first kappa shape index (κ1) is 27.9. The van der Waals surface area contributed by atoms with Crippen LogP contribution in [0.4, 0.5) is 5.82 Å². The lowest BCUT2D eigenvalue weighted by atomic mass is 9.96. The number of nitrogens with one attached hydrogen (secondary N) is 1. The zero-order chi connectivity index (χ0) is 28.5. The summed E-state index contributed by atoms with van der Waals surface area (Å²) >= 11 is 7.41. The monoisotopic (exact) mass is 568 g/mol. The predicted octanol–water partition coefficient (Wildman–Crippen LogP) is 4.40. The van der Waals surface area contributed by atoms with Crippen molar-refractivity contribution in [3.05, 3.63) is 79.4 Å². The second-order valence-corrected chi connectivity index (χ2v) is 11.5. The Hall–Kier alpha value is -4.16. The summed E-state index contributed by atoms with van der Waals surface area (Å²) < 4.78 is 2.87. The van der Waals surface area contributed by atoms with E-state index in [4.69, 9.17) is 11.6 Å². The van der Waals surface area contributed by atoms with Gasteiger partial charge in [-0.15, -0.1) is 11.3 Å². The van der Waals surface area contributed by atoms with Gasteiger partial charge in [0.15, 0.2) is 5.78 Å². The van der Waals surface area contributed by atoms with E-state index in [-0.39, 0.29) is 34.0 Å². The number of anilines is 1. The van der Waals surface area contributed by atoms with Crippen molar-refractivity contribution in [3.63, 3.8) is 0 Å². The van der Waals surface area contributed by atoms with Gasteiger partial charge in [0.2, 0.25) is 0 Å². The quantitative estimate of drug-likeness (QED) is 0.295. The van der Waals surface area contributed by atoms with E-state index in [9.17, 15) is 24.3 Å². The molecule has 0 aromatic carbocycles. The number of thiophene rings is 1. The third-order valence-corrected chi connectivity index (χ3v) is 7.10. The lowest BCUT2D eigenvalue weighted by Crippen LogP contribution is -2.30. The molecule has 0 bridgehead atoms. The Morgan fingerprint density at radius 1 is 1.13 bits per heavy atom. The van der Waals surface area contributed by atoms with Gasteiger partial charge in [0, 0.05) is 34.4 Å². The molecule has 11 nitrogen and oxygen atoms in total. The minimum atomic E-state index is -1.28. The van der Waals surface area contributed by atoms with Gasteiger partial charge >= 0.3 is 5.97 Å². The predicted molar refractivity (Wildman–Crippen MR) is 147 cm³/mol. The van der Waals surface area contributed by atoms with Crippen LogP contribution in [0.1, 0.15) is 56.9 Å². The van der Waals surface area contributed by atoms with Crippen LogP contribution in [0.25, 0.3) is 11.3 Å². The van der Waals surface area contributed by atoms with Gasteiger partial charge in [-0.05, 0) is 25.1 Å². The number of aromatic nitrogens is 5. The molecule has 0 aliphatic rings. The van der Waals surface area contributed by atoms with Crippen molar-refractivity contribution in [3.8, 4) is 11.3 Å². The first-order chi connectivity index (χ1) is 18.4. The second-order valence-electron chi connectivity index (χ2n) is 9.75. The molecule has 0 unspecified atom stereocenters. The molecule has 0 aliphatic heterocycles. The number of halogens is 1. The van der Waals surface area contributed by atoms with Gasteiger partial charge in [0.05, 0.1) is 34.1 Å². The highest BCUT2D eigenvalue weighted by molar-refractivity contribution is 7.16. The fourth-order valence-corrected chi connectivity index (χ4v) is 4.78. The first-order valence-corrected chi connectivity index (χ1v) is 13.0. The number of nitrogens with zero attached hydrogens (tertiary/aromatic N) is 5. The maximum absolute atomic E-state index is 13.6. The van der Waals surface area contributed by atoms with Crippen molar-refractivity contribution in [2.45, 2.75) is 40.8 Å². The molecule has 0 aliphatic carbocycles. The van der Waals surface area contributed by atoms with Crippen LogP contribution in [-0.2, 0) is 13.1 Å². The van der Waals surface area contributed by atoms with E-state index in [1.165, 1.54) is 53.8 Å². The summed E-state index contributed by atoms with van der Waals surface area (Å²) in [6.45, 7) is 6.56. The number of hydrogen-bond acceptors (Lipinski definition) is 9. The number of hydrogen-bond donors (Lipinski definition) is 2. The Balaban J connectivity index is 1.82. The molecule has 0 fully saturated rings. The number of carbonyl (C=O) groups excluding carboxylic acids is 2. The third kappa shape index (κ3) is 5.96. The normalized spacial score (nSPS) is 11.4. The van der Waals surface area contributed by atoms with E-state index >= 15 is 0 Å².